The first-order valence-electron chi connectivity index (χ1n) is 8.12. The van der Waals surface area contributed by atoms with Gasteiger partial charge in [-0.3, -0.25) is 9.59 Å². The first-order valence-corrected chi connectivity index (χ1v) is 8.12. The summed E-state index contributed by atoms with van der Waals surface area (Å²) in [7, 11) is 0. The molecule has 1 aromatic carbocycles. The van der Waals surface area contributed by atoms with Gasteiger partial charge in [0.2, 0.25) is 5.91 Å². The van der Waals surface area contributed by atoms with E-state index in [1.54, 1.807) is 0 Å². The molecule has 2 aromatic rings. The van der Waals surface area contributed by atoms with Crippen LogP contribution in [0.25, 0.3) is 10.9 Å². The number of likely N-dealkylation sites (tertiary alicyclic amines) is 1. The quantitative estimate of drug-likeness (QED) is 0.817. The van der Waals surface area contributed by atoms with Crippen LogP contribution in [0.15, 0.2) is 18.2 Å². The van der Waals surface area contributed by atoms with Crippen molar-refractivity contribution in [1.82, 2.24) is 15.2 Å². The smallest absolute Gasteiger partial charge is 0.268 e. The number of rotatable bonds is 3. The molecule has 1 aliphatic carbocycles. The molecule has 2 amide bonds. The van der Waals surface area contributed by atoms with Crippen LogP contribution >= 0.6 is 0 Å². The number of nitrogens with zero attached hydrogens (tertiary/aromatic N) is 1. The molecule has 1 atom stereocenters. The highest BCUT2D eigenvalue weighted by atomic mass is 19.3. The van der Waals surface area contributed by atoms with Gasteiger partial charge in [-0.05, 0) is 18.6 Å². The second kappa shape index (κ2) is 5.46. The van der Waals surface area contributed by atoms with Gasteiger partial charge in [0.25, 0.3) is 11.8 Å². The van der Waals surface area contributed by atoms with E-state index in [0.717, 1.165) is 6.07 Å². The van der Waals surface area contributed by atoms with Crippen molar-refractivity contribution in [3.63, 3.8) is 0 Å². The van der Waals surface area contributed by atoms with Gasteiger partial charge in [0.1, 0.15) is 17.3 Å². The van der Waals surface area contributed by atoms with Gasteiger partial charge in [0.15, 0.2) is 0 Å². The van der Waals surface area contributed by atoms with E-state index in [1.165, 1.54) is 11.0 Å². The zero-order valence-corrected chi connectivity index (χ0v) is 13.5. The number of H-pyrrole nitrogens is 1. The van der Waals surface area contributed by atoms with Crippen LogP contribution in [-0.4, -0.2) is 47.3 Å². The van der Waals surface area contributed by atoms with Gasteiger partial charge in [-0.25, -0.2) is 17.6 Å². The Balaban J connectivity index is 1.38. The molecule has 9 heteroatoms. The molecular formula is C17H15F4N3O2. The Labute approximate surface area is 145 Å². The third-order valence-corrected chi connectivity index (χ3v) is 5.21. The maximum atomic E-state index is 13.7. The van der Waals surface area contributed by atoms with Crippen molar-refractivity contribution in [3.05, 3.63) is 35.5 Å². The zero-order valence-electron chi connectivity index (χ0n) is 13.5. The molecule has 0 radical (unpaired) electrons. The molecule has 1 spiro atoms. The number of halogens is 4. The lowest BCUT2D eigenvalue weighted by atomic mass is 10.1. The molecule has 4 rings (SSSR count). The summed E-state index contributed by atoms with van der Waals surface area (Å²) in [5, 5.41) is 2.43. The Kier molecular flexibility index (Phi) is 3.54. The number of carbonyl (C=O) groups excluding carboxylic acids is 2. The minimum absolute atomic E-state index is 0.00835. The van der Waals surface area contributed by atoms with E-state index in [4.69, 9.17) is 0 Å². The summed E-state index contributed by atoms with van der Waals surface area (Å²) in [5.41, 5.74) is -0.994. The van der Waals surface area contributed by atoms with Crippen LogP contribution in [0.2, 0.25) is 0 Å². The number of hydrogen-bond donors (Lipinski definition) is 2. The highest BCUT2D eigenvalue weighted by Gasteiger charge is 2.72. The van der Waals surface area contributed by atoms with Crippen LogP contribution in [0.3, 0.4) is 0 Å². The number of alkyl halides is 2. The molecule has 5 nitrogen and oxygen atoms in total. The van der Waals surface area contributed by atoms with Gasteiger partial charge in [-0.2, -0.15) is 0 Å². The van der Waals surface area contributed by atoms with Crippen LogP contribution < -0.4 is 5.32 Å². The molecule has 26 heavy (non-hydrogen) atoms. The van der Waals surface area contributed by atoms with Gasteiger partial charge in [0.05, 0.1) is 17.5 Å². The first-order chi connectivity index (χ1) is 12.2. The molecule has 2 heterocycles. The number of aromatic amines is 1. The zero-order chi connectivity index (χ0) is 18.7. The van der Waals surface area contributed by atoms with Crippen LogP contribution in [0, 0.1) is 17.0 Å². The van der Waals surface area contributed by atoms with Crippen LogP contribution in [-0.2, 0) is 4.79 Å². The van der Waals surface area contributed by atoms with Crippen molar-refractivity contribution in [2.24, 2.45) is 5.41 Å². The molecule has 2 aliphatic rings. The van der Waals surface area contributed by atoms with Crippen molar-refractivity contribution >= 4 is 22.7 Å². The van der Waals surface area contributed by atoms with Gasteiger partial charge >= 0.3 is 0 Å². The van der Waals surface area contributed by atoms with Crippen LogP contribution in [0.4, 0.5) is 17.6 Å². The Morgan fingerprint density at radius 2 is 1.96 bits per heavy atom. The Hall–Kier alpha value is -2.58. The molecule has 0 bridgehead atoms. The SMILES string of the molecule is O=C(NCC(=O)N1CCC2(C1)CC2(F)F)c1cc2c(F)cc(F)cc2[nH]1. The predicted molar refractivity (Wildman–Crippen MR) is 83.7 cm³/mol. The topological polar surface area (TPSA) is 65.2 Å². The summed E-state index contributed by atoms with van der Waals surface area (Å²) in [6.07, 6.45) is 0.0554. The average Bonchev–Trinajstić information content (AvgIpc) is 2.95. The molecule has 1 unspecified atom stereocenters. The number of nitrogens with one attached hydrogen (secondary N) is 2. The highest BCUT2D eigenvalue weighted by molar-refractivity contribution is 5.99. The third-order valence-electron chi connectivity index (χ3n) is 5.21. The lowest BCUT2D eigenvalue weighted by Crippen LogP contribution is -2.39. The Bertz CT molecular complexity index is 926. The second-order valence-corrected chi connectivity index (χ2v) is 6.94. The number of aromatic nitrogens is 1. The van der Waals surface area contributed by atoms with E-state index < -0.39 is 34.8 Å². The lowest BCUT2D eigenvalue weighted by Gasteiger charge is -2.16. The molecule has 1 saturated heterocycles. The van der Waals surface area contributed by atoms with Crippen molar-refractivity contribution in [2.45, 2.75) is 18.8 Å². The number of benzene rings is 1. The van der Waals surface area contributed by atoms with Gasteiger partial charge in [0, 0.05) is 31.0 Å². The first kappa shape index (κ1) is 16.9. The maximum absolute atomic E-state index is 13.7. The lowest BCUT2D eigenvalue weighted by molar-refractivity contribution is -0.129. The van der Waals surface area contributed by atoms with Crippen molar-refractivity contribution in [3.8, 4) is 0 Å². The van der Waals surface area contributed by atoms with E-state index >= 15 is 0 Å². The van der Waals surface area contributed by atoms with Crippen molar-refractivity contribution in [2.75, 3.05) is 19.6 Å². The highest BCUT2D eigenvalue weighted by Crippen LogP contribution is 2.64. The van der Waals surface area contributed by atoms with E-state index in [-0.39, 0.29) is 49.1 Å². The molecule has 1 aliphatic heterocycles. The van der Waals surface area contributed by atoms with Gasteiger partial charge in [-0.1, -0.05) is 0 Å². The number of fused-ring (bicyclic) bond motifs is 1. The number of carbonyl (C=O) groups is 2. The van der Waals surface area contributed by atoms with E-state index in [9.17, 15) is 27.2 Å². The fraction of sp³-hybridized carbons (Fsp3) is 0.412. The standard InChI is InChI=1S/C17H15F4N3O2/c18-9-3-11(19)10-5-13(23-12(10)4-9)15(26)22-6-14(25)24-2-1-16(8-24)7-17(16,20)21/h3-5,23H,1-2,6-8H2,(H,22,26). The van der Waals surface area contributed by atoms with Crippen LogP contribution in [0.1, 0.15) is 23.3 Å². The molecule has 2 fully saturated rings. The van der Waals surface area contributed by atoms with Gasteiger partial charge in [-0.15, -0.1) is 0 Å². The van der Waals surface area contributed by atoms with Gasteiger partial charge < -0.3 is 15.2 Å². The van der Waals surface area contributed by atoms with E-state index in [1.807, 2.05) is 0 Å². The molecular weight excluding hydrogens is 354 g/mol. The molecule has 1 saturated carbocycles. The third kappa shape index (κ3) is 2.62. The predicted octanol–water partition coefficient (Wildman–Crippen LogP) is 2.43. The monoisotopic (exact) mass is 369 g/mol. The average molecular weight is 369 g/mol. The number of hydrogen-bond acceptors (Lipinski definition) is 2. The van der Waals surface area contributed by atoms with Crippen molar-refractivity contribution in [1.29, 1.82) is 0 Å². The fourth-order valence-corrected chi connectivity index (χ4v) is 3.55. The molecule has 2 N–H and O–H groups in total. The van der Waals surface area contributed by atoms with E-state index in [2.05, 4.69) is 10.3 Å². The summed E-state index contributed by atoms with van der Waals surface area (Å²) >= 11 is 0. The number of amides is 2. The Morgan fingerprint density at radius 1 is 1.23 bits per heavy atom. The molecule has 138 valence electrons. The Morgan fingerprint density at radius 3 is 2.62 bits per heavy atom. The summed E-state index contributed by atoms with van der Waals surface area (Å²) in [5.74, 6) is -5.42. The minimum Gasteiger partial charge on any atom is -0.350 e. The summed E-state index contributed by atoms with van der Waals surface area (Å²) in [6, 6.07) is 2.98. The second-order valence-electron chi connectivity index (χ2n) is 6.94. The normalized spacial score (nSPS) is 23.6. The summed E-state index contributed by atoms with van der Waals surface area (Å²) in [4.78, 5) is 28.2. The summed E-state index contributed by atoms with van der Waals surface area (Å²) in [6.45, 7) is -0.126. The fourth-order valence-electron chi connectivity index (χ4n) is 3.55. The van der Waals surface area contributed by atoms with Crippen molar-refractivity contribution < 1.29 is 27.2 Å². The summed E-state index contributed by atoms with van der Waals surface area (Å²) < 4.78 is 53.6. The van der Waals surface area contributed by atoms with E-state index in [0.29, 0.717) is 6.07 Å². The maximum Gasteiger partial charge on any atom is 0.268 e. The minimum atomic E-state index is -2.71. The molecule has 1 aromatic heterocycles. The van der Waals surface area contributed by atoms with Crippen LogP contribution in [0.5, 0.6) is 0 Å². The largest absolute Gasteiger partial charge is 0.350 e.